The highest BCUT2D eigenvalue weighted by Gasteiger charge is 2.09. The van der Waals surface area contributed by atoms with E-state index >= 15 is 0 Å². The normalized spacial score (nSPS) is 11.0. The Morgan fingerprint density at radius 3 is 2.11 bits per heavy atom. The number of nitrogens with zero attached hydrogens (tertiary/aromatic N) is 1. The van der Waals surface area contributed by atoms with E-state index in [2.05, 4.69) is 54.8 Å². The average Bonchev–Trinajstić information content (AvgIpc) is 3.07. The Balaban J connectivity index is 1.69. The lowest BCUT2D eigenvalue weighted by Crippen LogP contribution is -1.99. The predicted molar refractivity (Wildman–Crippen MR) is 115 cm³/mol. The van der Waals surface area contributed by atoms with Crippen molar-refractivity contribution >= 4 is 0 Å². The van der Waals surface area contributed by atoms with Crippen molar-refractivity contribution in [2.24, 2.45) is 0 Å². The first-order valence-corrected chi connectivity index (χ1v) is 10.3. The molecule has 0 saturated carbocycles. The van der Waals surface area contributed by atoms with Gasteiger partial charge in [0.05, 0.1) is 5.69 Å². The minimum absolute atomic E-state index is 0.299. The van der Waals surface area contributed by atoms with Crippen LogP contribution < -0.4 is 0 Å². The van der Waals surface area contributed by atoms with Gasteiger partial charge in [-0.25, -0.2) is 0 Å². The van der Waals surface area contributed by atoms with E-state index in [0.29, 0.717) is 5.75 Å². The Labute approximate surface area is 163 Å². The Morgan fingerprint density at radius 2 is 1.41 bits per heavy atom. The molecule has 3 aromatic rings. The molecule has 0 unspecified atom stereocenters. The van der Waals surface area contributed by atoms with E-state index in [1.54, 1.807) is 12.1 Å². The fraction of sp³-hybridized carbons (Fsp3) is 0.360. The van der Waals surface area contributed by atoms with Gasteiger partial charge in [-0.3, -0.25) is 0 Å². The highest BCUT2D eigenvalue weighted by molar-refractivity contribution is 5.65. The first-order chi connectivity index (χ1) is 13.2. The van der Waals surface area contributed by atoms with Crippen LogP contribution in [0.15, 0.2) is 60.7 Å². The number of hydrogen-bond donors (Lipinski definition) is 1. The summed E-state index contributed by atoms with van der Waals surface area (Å²) in [6.07, 6.45) is 9.21. The number of aromatic hydroxyl groups is 1. The van der Waals surface area contributed by atoms with Crippen LogP contribution in [0.4, 0.5) is 0 Å². The van der Waals surface area contributed by atoms with Crippen molar-refractivity contribution in [2.75, 3.05) is 0 Å². The van der Waals surface area contributed by atoms with E-state index in [9.17, 15) is 5.11 Å². The van der Waals surface area contributed by atoms with Crippen molar-refractivity contribution in [1.82, 2.24) is 4.57 Å². The number of unbranched alkanes of at least 4 members (excludes halogenated alkanes) is 5. The largest absolute Gasteiger partial charge is 0.508 e. The molecule has 1 heterocycles. The summed E-state index contributed by atoms with van der Waals surface area (Å²) < 4.78 is 2.28. The van der Waals surface area contributed by atoms with Gasteiger partial charge in [-0.1, -0.05) is 51.2 Å². The Kier molecular flexibility index (Phi) is 6.75. The summed E-state index contributed by atoms with van der Waals surface area (Å²) in [4.78, 5) is 0. The molecule has 0 amide bonds. The summed E-state index contributed by atoms with van der Waals surface area (Å²) in [5, 5.41) is 9.55. The molecule has 1 aromatic heterocycles. The fourth-order valence-corrected chi connectivity index (χ4v) is 3.66. The molecular formula is C25H31NO. The van der Waals surface area contributed by atoms with Crippen molar-refractivity contribution in [1.29, 1.82) is 0 Å². The quantitative estimate of drug-likeness (QED) is 0.405. The highest BCUT2D eigenvalue weighted by Crippen LogP contribution is 2.28. The fourth-order valence-electron chi connectivity index (χ4n) is 3.66. The molecule has 3 rings (SSSR count). The molecule has 0 fully saturated rings. The molecule has 0 spiro atoms. The topological polar surface area (TPSA) is 25.2 Å². The van der Waals surface area contributed by atoms with Gasteiger partial charge in [-0.15, -0.1) is 0 Å². The number of benzene rings is 2. The molecule has 0 aliphatic carbocycles. The zero-order valence-corrected chi connectivity index (χ0v) is 16.6. The second-order valence-electron chi connectivity index (χ2n) is 7.43. The molecule has 0 bridgehead atoms. The monoisotopic (exact) mass is 361 g/mol. The first kappa shape index (κ1) is 19.3. The number of phenolic OH excluding ortho intramolecular Hbond substituents is 1. The minimum Gasteiger partial charge on any atom is -0.508 e. The second kappa shape index (κ2) is 9.45. The molecule has 0 atom stereocenters. The van der Waals surface area contributed by atoms with Crippen LogP contribution in [0.2, 0.25) is 0 Å². The van der Waals surface area contributed by atoms with Gasteiger partial charge in [0.25, 0.3) is 0 Å². The molecule has 2 aromatic carbocycles. The number of hydrogen-bond acceptors (Lipinski definition) is 1. The molecular weight excluding hydrogens is 330 g/mol. The standard InChI is InChI=1S/C25H31NO/c1-3-4-5-6-7-8-9-21-11-15-23(16-12-21)26-20(2)10-19-25(26)22-13-17-24(27)18-14-22/h10-19,27H,3-9H2,1-2H3. The maximum atomic E-state index is 9.55. The Morgan fingerprint density at radius 1 is 0.741 bits per heavy atom. The van der Waals surface area contributed by atoms with Crippen molar-refractivity contribution in [2.45, 2.75) is 58.8 Å². The molecule has 0 saturated heterocycles. The Bertz CT molecular complexity index is 828. The molecule has 2 nitrogen and oxygen atoms in total. The number of aromatic nitrogens is 1. The average molecular weight is 362 g/mol. The smallest absolute Gasteiger partial charge is 0.115 e. The number of aryl methyl sites for hydroxylation is 2. The van der Waals surface area contributed by atoms with Gasteiger partial charge in [-0.05, 0) is 79.4 Å². The highest BCUT2D eigenvalue weighted by atomic mass is 16.3. The van der Waals surface area contributed by atoms with E-state index in [1.165, 1.54) is 61.9 Å². The summed E-state index contributed by atoms with van der Waals surface area (Å²) in [7, 11) is 0. The summed E-state index contributed by atoms with van der Waals surface area (Å²) in [6.45, 7) is 4.40. The molecule has 27 heavy (non-hydrogen) atoms. The van der Waals surface area contributed by atoms with Crippen molar-refractivity contribution in [3.63, 3.8) is 0 Å². The van der Waals surface area contributed by atoms with Crippen LogP contribution in [0.1, 0.15) is 56.7 Å². The number of phenols is 1. The van der Waals surface area contributed by atoms with Crippen LogP contribution in [-0.4, -0.2) is 9.67 Å². The SMILES string of the molecule is CCCCCCCCc1ccc(-n2c(C)ccc2-c2ccc(O)cc2)cc1. The second-order valence-corrected chi connectivity index (χ2v) is 7.43. The van der Waals surface area contributed by atoms with Crippen LogP contribution in [0, 0.1) is 6.92 Å². The van der Waals surface area contributed by atoms with Crippen LogP contribution >= 0.6 is 0 Å². The van der Waals surface area contributed by atoms with Crippen molar-refractivity contribution < 1.29 is 5.11 Å². The summed E-state index contributed by atoms with van der Waals surface area (Å²) in [5.74, 6) is 0.299. The summed E-state index contributed by atoms with van der Waals surface area (Å²) in [5.41, 5.74) is 6.08. The maximum Gasteiger partial charge on any atom is 0.115 e. The molecule has 142 valence electrons. The maximum absolute atomic E-state index is 9.55. The molecule has 0 aliphatic heterocycles. The zero-order valence-electron chi connectivity index (χ0n) is 16.6. The van der Waals surface area contributed by atoms with E-state index in [1.807, 2.05) is 12.1 Å². The van der Waals surface area contributed by atoms with Gasteiger partial charge < -0.3 is 9.67 Å². The third-order valence-corrected chi connectivity index (χ3v) is 5.25. The van der Waals surface area contributed by atoms with E-state index in [-0.39, 0.29) is 0 Å². The third-order valence-electron chi connectivity index (χ3n) is 5.25. The summed E-state index contributed by atoms with van der Waals surface area (Å²) in [6, 6.07) is 20.7. The minimum atomic E-state index is 0.299. The van der Waals surface area contributed by atoms with Gasteiger partial charge in [0.15, 0.2) is 0 Å². The van der Waals surface area contributed by atoms with Gasteiger partial charge in [-0.2, -0.15) is 0 Å². The van der Waals surface area contributed by atoms with Gasteiger partial charge in [0.1, 0.15) is 5.75 Å². The van der Waals surface area contributed by atoms with E-state index in [0.717, 1.165) is 11.3 Å². The van der Waals surface area contributed by atoms with E-state index < -0.39 is 0 Å². The van der Waals surface area contributed by atoms with Gasteiger partial charge >= 0.3 is 0 Å². The lowest BCUT2D eigenvalue weighted by atomic mass is 10.0. The predicted octanol–water partition coefficient (Wildman–Crippen LogP) is 7.06. The zero-order chi connectivity index (χ0) is 19.1. The van der Waals surface area contributed by atoms with Crippen LogP contribution in [0.5, 0.6) is 5.75 Å². The lowest BCUT2D eigenvalue weighted by molar-refractivity contribution is 0.475. The lowest BCUT2D eigenvalue weighted by Gasteiger charge is -2.13. The third kappa shape index (κ3) is 5.03. The number of rotatable bonds is 9. The van der Waals surface area contributed by atoms with Crippen molar-refractivity contribution in [3.05, 3.63) is 71.9 Å². The van der Waals surface area contributed by atoms with Crippen LogP contribution in [-0.2, 0) is 6.42 Å². The Hall–Kier alpha value is -2.48. The molecule has 2 heteroatoms. The van der Waals surface area contributed by atoms with Crippen LogP contribution in [0.25, 0.3) is 16.9 Å². The van der Waals surface area contributed by atoms with Gasteiger partial charge in [0, 0.05) is 11.4 Å². The first-order valence-electron chi connectivity index (χ1n) is 10.3. The summed E-state index contributed by atoms with van der Waals surface area (Å²) >= 11 is 0. The molecule has 0 radical (unpaired) electrons. The van der Waals surface area contributed by atoms with E-state index in [4.69, 9.17) is 0 Å². The van der Waals surface area contributed by atoms with Gasteiger partial charge in [0.2, 0.25) is 0 Å². The molecule has 1 N–H and O–H groups in total. The van der Waals surface area contributed by atoms with Crippen LogP contribution in [0.3, 0.4) is 0 Å². The van der Waals surface area contributed by atoms with Crippen molar-refractivity contribution in [3.8, 4) is 22.7 Å². The molecule has 0 aliphatic rings.